The Hall–Kier alpha value is -0.540. The Labute approximate surface area is 113 Å². The van der Waals surface area contributed by atoms with E-state index in [-0.39, 0.29) is 17.1 Å². The first kappa shape index (κ1) is 13.9. The highest BCUT2D eigenvalue weighted by molar-refractivity contribution is 7.99. The van der Waals surface area contributed by atoms with Crippen molar-refractivity contribution < 1.29 is 4.39 Å². The summed E-state index contributed by atoms with van der Waals surface area (Å²) >= 11 is 1.94. The first-order valence-electron chi connectivity index (χ1n) is 6.79. The molecule has 3 heteroatoms. The molecular formula is C15H22FNS. The van der Waals surface area contributed by atoms with E-state index in [2.05, 4.69) is 0 Å². The van der Waals surface area contributed by atoms with Gasteiger partial charge in [0.2, 0.25) is 0 Å². The molecule has 2 atom stereocenters. The summed E-state index contributed by atoms with van der Waals surface area (Å²) < 4.78 is 12.9. The van der Waals surface area contributed by atoms with Crippen molar-refractivity contribution >= 4 is 11.8 Å². The van der Waals surface area contributed by atoms with Gasteiger partial charge in [0.15, 0.2) is 0 Å². The van der Waals surface area contributed by atoms with E-state index in [0.717, 1.165) is 11.5 Å². The summed E-state index contributed by atoms with van der Waals surface area (Å²) in [5, 5.41) is 0.284. The maximum atomic E-state index is 12.9. The fraction of sp³-hybridized carbons (Fsp3) is 0.600. The summed E-state index contributed by atoms with van der Waals surface area (Å²) in [7, 11) is 0. The highest BCUT2D eigenvalue weighted by Crippen LogP contribution is 2.36. The van der Waals surface area contributed by atoms with Crippen molar-refractivity contribution in [3.63, 3.8) is 0 Å². The van der Waals surface area contributed by atoms with Gasteiger partial charge in [0.25, 0.3) is 0 Å². The molecule has 0 amide bonds. The molecule has 100 valence electrons. The second kappa shape index (κ2) is 6.58. The molecule has 2 rings (SSSR count). The molecule has 0 aliphatic heterocycles. The van der Waals surface area contributed by atoms with Crippen LogP contribution in [0, 0.1) is 11.7 Å². The summed E-state index contributed by atoms with van der Waals surface area (Å²) in [4.78, 5) is 0. The van der Waals surface area contributed by atoms with Crippen LogP contribution >= 0.6 is 11.8 Å². The first-order chi connectivity index (χ1) is 8.66. The van der Waals surface area contributed by atoms with Crippen LogP contribution in [-0.2, 0) is 0 Å². The van der Waals surface area contributed by atoms with E-state index in [9.17, 15) is 4.39 Å². The van der Waals surface area contributed by atoms with Gasteiger partial charge in [-0.05, 0) is 49.1 Å². The largest absolute Gasteiger partial charge is 0.327 e. The Kier molecular flexibility index (Phi) is 5.07. The smallest absolute Gasteiger partial charge is 0.123 e. The van der Waals surface area contributed by atoms with Gasteiger partial charge in [-0.2, -0.15) is 11.8 Å². The Balaban J connectivity index is 1.96. The summed E-state index contributed by atoms with van der Waals surface area (Å²) in [6, 6.07) is 6.89. The lowest BCUT2D eigenvalue weighted by Gasteiger charge is -2.22. The monoisotopic (exact) mass is 267 g/mol. The van der Waals surface area contributed by atoms with Gasteiger partial charge >= 0.3 is 0 Å². The number of hydrogen-bond acceptors (Lipinski definition) is 2. The zero-order valence-electron chi connectivity index (χ0n) is 10.9. The van der Waals surface area contributed by atoms with Gasteiger partial charge in [-0.3, -0.25) is 0 Å². The zero-order valence-corrected chi connectivity index (χ0v) is 11.8. The Morgan fingerprint density at radius 1 is 1.28 bits per heavy atom. The lowest BCUT2D eigenvalue weighted by atomic mass is 10.1. The number of nitrogens with two attached hydrogens (primary N) is 1. The van der Waals surface area contributed by atoms with Crippen molar-refractivity contribution in [2.75, 3.05) is 5.75 Å². The van der Waals surface area contributed by atoms with Gasteiger partial charge in [-0.1, -0.05) is 25.0 Å². The van der Waals surface area contributed by atoms with Gasteiger partial charge in [0.1, 0.15) is 5.82 Å². The lowest BCUT2D eigenvalue weighted by Crippen LogP contribution is -2.23. The summed E-state index contributed by atoms with van der Waals surface area (Å²) in [6.07, 6.45) is 5.49. The van der Waals surface area contributed by atoms with E-state index in [4.69, 9.17) is 5.73 Å². The highest BCUT2D eigenvalue weighted by atomic mass is 32.2. The molecule has 1 saturated carbocycles. The second-order valence-corrected chi connectivity index (χ2v) is 6.49. The third kappa shape index (κ3) is 3.72. The van der Waals surface area contributed by atoms with Crippen molar-refractivity contribution in [3.05, 3.63) is 35.6 Å². The predicted octanol–water partition coefficient (Wildman–Crippen LogP) is 4.14. The normalized spacial score (nSPS) is 19.9. The van der Waals surface area contributed by atoms with Crippen molar-refractivity contribution in [1.29, 1.82) is 0 Å². The van der Waals surface area contributed by atoms with Crippen LogP contribution in [0.3, 0.4) is 0 Å². The van der Waals surface area contributed by atoms with Crippen LogP contribution < -0.4 is 5.73 Å². The Bertz CT molecular complexity index is 357. The minimum atomic E-state index is -0.178. The fourth-order valence-electron chi connectivity index (χ4n) is 2.62. The van der Waals surface area contributed by atoms with Crippen molar-refractivity contribution in [2.45, 2.75) is 43.9 Å². The number of benzene rings is 1. The molecule has 0 radical (unpaired) electrons. The van der Waals surface area contributed by atoms with Crippen molar-refractivity contribution in [2.24, 2.45) is 11.7 Å². The molecule has 1 fully saturated rings. The molecule has 1 aliphatic rings. The molecule has 0 saturated heterocycles. The van der Waals surface area contributed by atoms with Crippen LogP contribution in [0.4, 0.5) is 4.39 Å². The van der Waals surface area contributed by atoms with Crippen molar-refractivity contribution in [3.8, 4) is 0 Å². The third-order valence-corrected chi connectivity index (χ3v) is 5.39. The minimum Gasteiger partial charge on any atom is -0.327 e. The quantitative estimate of drug-likeness (QED) is 0.867. The van der Waals surface area contributed by atoms with E-state index in [1.165, 1.54) is 43.6 Å². The van der Waals surface area contributed by atoms with Gasteiger partial charge < -0.3 is 5.73 Å². The fourth-order valence-corrected chi connectivity index (χ4v) is 4.09. The molecule has 1 aromatic rings. The summed E-state index contributed by atoms with van der Waals surface area (Å²) in [5.74, 6) is 1.86. The predicted molar refractivity (Wildman–Crippen MR) is 77.2 cm³/mol. The average molecular weight is 267 g/mol. The van der Waals surface area contributed by atoms with Crippen LogP contribution in [0.5, 0.6) is 0 Å². The summed E-state index contributed by atoms with van der Waals surface area (Å²) in [5.41, 5.74) is 7.22. The van der Waals surface area contributed by atoms with Crippen LogP contribution in [0.1, 0.15) is 43.4 Å². The molecule has 0 spiro atoms. The third-order valence-electron chi connectivity index (χ3n) is 3.66. The van der Waals surface area contributed by atoms with Crippen LogP contribution in [-0.4, -0.2) is 11.8 Å². The molecule has 0 bridgehead atoms. The maximum absolute atomic E-state index is 12.9. The molecule has 1 nitrogen and oxygen atoms in total. The van der Waals surface area contributed by atoms with E-state index >= 15 is 0 Å². The van der Waals surface area contributed by atoms with Gasteiger partial charge in [-0.15, -0.1) is 0 Å². The van der Waals surface area contributed by atoms with Gasteiger partial charge in [0.05, 0.1) is 0 Å². The second-order valence-electron chi connectivity index (χ2n) is 5.32. The molecule has 2 unspecified atom stereocenters. The average Bonchev–Trinajstić information content (AvgIpc) is 2.84. The maximum Gasteiger partial charge on any atom is 0.123 e. The topological polar surface area (TPSA) is 26.0 Å². The van der Waals surface area contributed by atoms with Crippen LogP contribution in [0.15, 0.2) is 24.3 Å². The number of halogens is 1. The lowest BCUT2D eigenvalue weighted by molar-refractivity contribution is 0.617. The number of rotatable bonds is 5. The molecule has 1 aliphatic carbocycles. The molecule has 18 heavy (non-hydrogen) atoms. The molecule has 0 heterocycles. The number of thioether (sulfide) groups is 1. The van der Waals surface area contributed by atoms with Crippen molar-refractivity contribution in [1.82, 2.24) is 0 Å². The van der Waals surface area contributed by atoms with Crippen LogP contribution in [0.2, 0.25) is 0 Å². The zero-order chi connectivity index (χ0) is 13.0. The standard InChI is InChI=1S/C15H22FNS/c1-11(17)15(13-6-8-14(16)9-7-13)18-10-12-4-2-3-5-12/h6-9,11-12,15H,2-5,10,17H2,1H3. The summed E-state index contributed by atoms with van der Waals surface area (Å²) in [6.45, 7) is 2.04. The van der Waals surface area contributed by atoms with Gasteiger partial charge in [0, 0.05) is 11.3 Å². The molecule has 2 N–H and O–H groups in total. The van der Waals surface area contributed by atoms with E-state index < -0.39 is 0 Å². The Morgan fingerprint density at radius 2 is 1.89 bits per heavy atom. The minimum absolute atomic E-state index is 0.0989. The first-order valence-corrected chi connectivity index (χ1v) is 7.84. The number of hydrogen-bond donors (Lipinski definition) is 1. The van der Waals surface area contributed by atoms with Gasteiger partial charge in [-0.25, -0.2) is 4.39 Å². The van der Waals surface area contributed by atoms with E-state index in [0.29, 0.717) is 0 Å². The van der Waals surface area contributed by atoms with E-state index in [1.54, 1.807) is 0 Å². The SMILES string of the molecule is CC(N)C(SCC1CCCC1)c1ccc(F)cc1. The van der Waals surface area contributed by atoms with Crippen LogP contribution in [0.25, 0.3) is 0 Å². The molecule has 0 aromatic heterocycles. The molecular weight excluding hydrogens is 245 g/mol. The highest BCUT2D eigenvalue weighted by Gasteiger charge is 2.21. The molecule has 1 aromatic carbocycles. The van der Waals surface area contributed by atoms with E-state index in [1.807, 2.05) is 30.8 Å². The Morgan fingerprint density at radius 3 is 2.44 bits per heavy atom.